The third kappa shape index (κ3) is 48.6. The maximum absolute atomic E-state index is 12.8. The lowest BCUT2D eigenvalue weighted by molar-refractivity contribution is -0.870. The van der Waals surface area contributed by atoms with Gasteiger partial charge in [0.25, 0.3) is 7.82 Å². The van der Waals surface area contributed by atoms with Gasteiger partial charge in [-0.15, -0.1) is 0 Å². The lowest BCUT2D eigenvalue weighted by Gasteiger charge is -2.29. The number of aliphatic hydroxyl groups excluding tert-OH is 1. The number of nitrogens with one attached hydrogen (secondary N) is 1. The van der Waals surface area contributed by atoms with E-state index in [0.717, 1.165) is 103 Å². The number of hydrogen-bond acceptors (Lipinski definition) is 6. The normalized spacial score (nSPS) is 15.1. The minimum Gasteiger partial charge on any atom is -0.756 e. The molecule has 9 heteroatoms. The summed E-state index contributed by atoms with van der Waals surface area (Å²) in [4.78, 5) is 25.3. The molecule has 0 bridgehead atoms. The van der Waals surface area contributed by atoms with Crippen molar-refractivity contribution in [3.63, 3.8) is 0 Å². The first-order chi connectivity index (χ1) is 31.5. The fraction of sp³-hybridized carbons (Fsp3) is 0.625. The predicted molar refractivity (Wildman–Crippen MR) is 279 cm³/mol. The van der Waals surface area contributed by atoms with Gasteiger partial charge in [0.2, 0.25) is 5.91 Å². The van der Waals surface area contributed by atoms with Gasteiger partial charge in [0.15, 0.2) is 0 Å². The zero-order chi connectivity index (χ0) is 47.8. The van der Waals surface area contributed by atoms with Crippen molar-refractivity contribution in [2.24, 2.45) is 0 Å². The summed E-state index contributed by atoms with van der Waals surface area (Å²) in [6, 6.07) is -0.911. The van der Waals surface area contributed by atoms with Crippen molar-refractivity contribution in [1.82, 2.24) is 5.32 Å². The quantitative estimate of drug-likeness (QED) is 0.0273. The molecule has 0 saturated carbocycles. The standard InChI is InChI=1S/C56H95N2O6P/c1-6-8-10-12-14-16-17-18-19-20-21-22-23-24-25-26-27-28-29-30-31-32-33-34-35-36-37-38-39-40-41-42-44-46-48-50-56(60)57-54(53-64-65(61,62)63-52-51-58(3,4)5)55(59)49-47-45-43-15-13-11-9-7-2/h8,10,13-16,18-19,21-22,24-25,27-28,30-31,33-34,47,49,54-55,59H,6-7,9,11-12,17,20,23,26,29,32,35-46,48,50-53H2,1-5H3,(H-,57,60,61,62)/b10-8-,15-13+,16-14-,19-18-,22-21-,25-24-,28-27-,31-30-,34-33-,49-47+. The SMILES string of the molecule is CC/C=C\C/C=C\C/C=C\C/C=C\C/C=C\C/C=C\C/C=C\C/C=C\CCCCCCCCCCCCC(=O)NC(COP(=O)([O-])OCC[N+](C)(C)C)C(O)/C=C/CC/C=C/CCCC. The van der Waals surface area contributed by atoms with Gasteiger partial charge in [-0.2, -0.15) is 0 Å². The highest BCUT2D eigenvalue weighted by molar-refractivity contribution is 7.45. The Bertz CT molecular complexity index is 1460. The van der Waals surface area contributed by atoms with Crippen LogP contribution in [0.25, 0.3) is 0 Å². The van der Waals surface area contributed by atoms with Gasteiger partial charge >= 0.3 is 0 Å². The molecule has 3 atom stereocenters. The summed E-state index contributed by atoms with van der Waals surface area (Å²) < 4.78 is 23.1. The first-order valence-electron chi connectivity index (χ1n) is 25.4. The highest BCUT2D eigenvalue weighted by Gasteiger charge is 2.23. The van der Waals surface area contributed by atoms with Crippen molar-refractivity contribution < 1.29 is 32.9 Å². The molecule has 0 heterocycles. The van der Waals surface area contributed by atoms with Gasteiger partial charge in [-0.25, -0.2) is 0 Å². The highest BCUT2D eigenvalue weighted by atomic mass is 31.2. The molecule has 8 nitrogen and oxygen atoms in total. The van der Waals surface area contributed by atoms with Crippen LogP contribution in [0.5, 0.6) is 0 Å². The molecule has 1 amide bonds. The number of quaternary nitrogens is 1. The average Bonchev–Trinajstić information content (AvgIpc) is 3.26. The number of allylic oxidation sites excluding steroid dienone is 19. The van der Waals surface area contributed by atoms with Crippen LogP contribution in [0.3, 0.4) is 0 Å². The van der Waals surface area contributed by atoms with E-state index in [2.05, 4.69) is 129 Å². The first-order valence-corrected chi connectivity index (χ1v) is 26.9. The van der Waals surface area contributed by atoms with Gasteiger partial charge in [0.1, 0.15) is 13.2 Å². The molecule has 0 aliphatic heterocycles. The lowest BCUT2D eigenvalue weighted by atomic mass is 10.0. The molecule has 3 unspecified atom stereocenters. The zero-order valence-electron chi connectivity index (χ0n) is 41.9. The largest absolute Gasteiger partial charge is 0.756 e. The third-order valence-electron chi connectivity index (χ3n) is 10.4. The predicted octanol–water partition coefficient (Wildman–Crippen LogP) is 14.4. The molecule has 0 spiro atoms. The average molecular weight is 923 g/mol. The van der Waals surface area contributed by atoms with Crippen LogP contribution >= 0.6 is 7.82 Å². The molecule has 0 aromatic carbocycles. The van der Waals surface area contributed by atoms with Crippen molar-refractivity contribution in [3.05, 3.63) is 122 Å². The molecule has 0 fully saturated rings. The Morgan fingerprint density at radius 1 is 0.554 bits per heavy atom. The van der Waals surface area contributed by atoms with Crippen LogP contribution in [-0.4, -0.2) is 68.5 Å². The van der Waals surface area contributed by atoms with Crippen LogP contribution in [0.4, 0.5) is 0 Å². The Labute approximate surface area is 399 Å². The maximum Gasteiger partial charge on any atom is 0.268 e. The van der Waals surface area contributed by atoms with Crippen molar-refractivity contribution in [1.29, 1.82) is 0 Å². The second kappa shape index (κ2) is 46.0. The first kappa shape index (κ1) is 61.9. The number of carbonyl (C=O) groups is 1. The zero-order valence-corrected chi connectivity index (χ0v) is 42.8. The Kier molecular flexibility index (Phi) is 43.8. The molecular formula is C56H95N2O6P. The number of phosphoric ester groups is 1. The molecule has 0 rings (SSSR count). The summed E-state index contributed by atoms with van der Waals surface area (Å²) in [5, 5.41) is 13.7. The van der Waals surface area contributed by atoms with E-state index in [1.165, 1.54) is 51.4 Å². The van der Waals surface area contributed by atoms with E-state index in [-0.39, 0.29) is 12.5 Å². The van der Waals surface area contributed by atoms with Crippen LogP contribution in [0.2, 0.25) is 0 Å². The maximum atomic E-state index is 12.8. The van der Waals surface area contributed by atoms with E-state index < -0.39 is 26.6 Å². The minimum absolute atomic E-state index is 0.0137. The van der Waals surface area contributed by atoms with Crippen molar-refractivity contribution >= 4 is 13.7 Å². The number of carbonyl (C=O) groups excluding carboxylic acids is 1. The van der Waals surface area contributed by atoms with Crippen molar-refractivity contribution in [2.75, 3.05) is 40.9 Å². The smallest absolute Gasteiger partial charge is 0.268 e. The molecule has 2 N–H and O–H groups in total. The van der Waals surface area contributed by atoms with E-state index in [1.54, 1.807) is 6.08 Å². The number of aliphatic hydroxyl groups is 1. The van der Waals surface area contributed by atoms with E-state index in [9.17, 15) is 19.4 Å². The molecule has 0 aromatic rings. The Balaban J connectivity index is 4.07. The number of unbranched alkanes of at least 4 members (excludes halogenated alkanes) is 13. The number of amides is 1. The number of nitrogens with zero attached hydrogens (tertiary/aromatic N) is 1. The van der Waals surface area contributed by atoms with Gasteiger partial charge in [0.05, 0.1) is 39.9 Å². The molecule has 65 heavy (non-hydrogen) atoms. The Hall–Kier alpha value is -3.10. The third-order valence-corrected chi connectivity index (χ3v) is 11.4. The second-order valence-corrected chi connectivity index (χ2v) is 19.2. The molecule has 0 aliphatic carbocycles. The van der Waals surface area contributed by atoms with Gasteiger partial charge in [-0.05, 0) is 89.9 Å². The van der Waals surface area contributed by atoms with Gasteiger partial charge in [0, 0.05) is 6.42 Å². The highest BCUT2D eigenvalue weighted by Crippen LogP contribution is 2.38. The number of hydrogen-bond donors (Lipinski definition) is 2. The summed E-state index contributed by atoms with van der Waals surface area (Å²) in [6.07, 6.45) is 68.6. The van der Waals surface area contributed by atoms with E-state index in [0.29, 0.717) is 17.4 Å². The van der Waals surface area contributed by atoms with E-state index >= 15 is 0 Å². The van der Waals surface area contributed by atoms with E-state index in [4.69, 9.17) is 9.05 Å². The van der Waals surface area contributed by atoms with Crippen LogP contribution in [0.1, 0.15) is 174 Å². The Morgan fingerprint density at radius 2 is 0.954 bits per heavy atom. The van der Waals surface area contributed by atoms with Crippen molar-refractivity contribution in [3.8, 4) is 0 Å². The molecule has 370 valence electrons. The van der Waals surface area contributed by atoms with Crippen LogP contribution < -0.4 is 10.2 Å². The molecule has 0 saturated heterocycles. The summed E-state index contributed by atoms with van der Waals surface area (Å²) in [7, 11) is 1.22. The number of likely N-dealkylation sites (N-methyl/N-ethyl adjacent to an activating group) is 1. The van der Waals surface area contributed by atoms with Gasteiger partial charge in [-0.3, -0.25) is 9.36 Å². The summed E-state index contributed by atoms with van der Waals surface area (Å²) >= 11 is 0. The fourth-order valence-electron chi connectivity index (χ4n) is 6.40. The molecule has 0 aliphatic rings. The van der Waals surface area contributed by atoms with Crippen molar-refractivity contribution in [2.45, 2.75) is 187 Å². The summed E-state index contributed by atoms with van der Waals surface area (Å²) in [5.41, 5.74) is 0. The van der Waals surface area contributed by atoms with Gasteiger partial charge in [-0.1, -0.05) is 200 Å². The topological polar surface area (TPSA) is 108 Å². The van der Waals surface area contributed by atoms with Crippen LogP contribution in [0.15, 0.2) is 122 Å². The van der Waals surface area contributed by atoms with E-state index in [1.807, 2.05) is 27.2 Å². The molecule has 0 aromatic heterocycles. The fourth-order valence-corrected chi connectivity index (χ4v) is 7.13. The van der Waals surface area contributed by atoms with Crippen LogP contribution in [-0.2, 0) is 18.4 Å². The lowest BCUT2D eigenvalue weighted by Crippen LogP contribution is -2.45. The minimum atomic E-state index is -4.60. The summed E-state index contributed by atoms with van der Waals surface area (Å²) in [5.74, 6) is -0.222. The number of phosphoric acid groups is 1. The molecular weight excluding hydrogens is 828 g/mol. The Morgan fingerprint density at radius 3 is 1.43 bits per heavy atom. The summed E-state index contributed by atoms with van der Waals surface area (Å²) in [6.45, 7) is 4.40. The second-order valence-electron chi connectivity index (χ2n) is 17.8. The number of rotatable bonds is 44. The van der Waals surface area contributed by atoms with Gasteiger partial charge < -0.3 is 28.8 Å². The van der Waals surface area contributed by atoms with Crippen LogP contribution in [0, 0.1) is 0 Å². The monoisotopic (exact) mass is 923 g/mol. The molecule has 0 radical (unpaired) electrons.